The summed E-state index contributed by atoms with van der Waals surface area (Å²) in [6.45, 7) is 2.33. The zero-order valence-electron chi connectivity index (χ0n) is 12.1. The summed E-state index contributed by atoms with van der Waals surface area (Å²) >= 11 is 0. The van der Waals surface area contributed by atoms with Gasteiger partial charge in [-0.25, -0.2) is 0 Å². The van der Waals surface area contributed by atoms with Crippen LogP contribution in [-0.2, 0) is 11.3 Å². The lowest BCUT2D eigenvalue weighted by Crippen LogP contribution is -2.45. The van der Waals surface area contributed by atoms with Crippen LogP contribution < -0.4 is 0 Å². The van der Waals surface area contributed by atoms with Gasteiger partial charge in [0.1, 0.15) is 0 Å². The van der Waals surface area contributed by atoms with Crippen LogP contribution in [0.25, 0.3) is 0 Å². The van der Waals surface area contributed by atoms with Crippen LogP contribution in [0, 0.1) is 0 Å². The maximum absolute atomic E-state index is 9.38. The number of benzene rings is 2. The first kappa shape index (κ1) is 14.3. The second-order valence-electron chi connectivity index (χ2n) is 5.48. The fourth-order valence-electron chi connectivity index (χ4n) is 2.86. The molecule has 3 nitrogen and oxygen atoms in total. The van der Waals surface area contributed by atoms with E-state index in [4.69, 9.17) is 4.74 Å². The summed E-state index contributed by atoms with van der Waals surface area (Å²) in [5.41, 5.74) is 2.56. The second-order valence-corrected chi connectivity index (χ2v) is 5.48. The minimum atomic E-state index is -0.0892. The first-order valence-electron chi connectivity index (χ1n) is 7.42. The third-order valence-corrected chi connectivity index (χ3v) is 3.99. The van der Waals surface area contributed by atoms with Crippen LogP contribution in [-0.4, -0.2) is 35.9 Å². The van der Waals surface area contributed by atoms with Gasteiger partial charge in [-0.1, -0.05) is 60.7 Å². The maximum atomic E-state index is 9.38. The molecule has 1 saturated heterocycles. The molecule has 1 aliphatic rings. The molecule has 1 aliphatic heterocycles. The zero-order chi connectivity index (χ0) is 14.5. The Bertz CT molecular complexity index is 544. The molecule has 0 aromatic heterocycles. The lowest BCUT2D eigenvalue weighted by Gasteiger charge is -2.39. The van der Waals surface area contributed by atoms with E-state index in [0.717, 1.165) is 13.1 Å². The minimum absolute atomic E-state index is 0.0762. The fraction of sp³-hybridized carbons (Fsp3) is 0.333. The molecular weight excluding hydrogens is 262 g/mol. The Morgan fingerprint density at radius 3 is 2.33 bits per heavy atom. The summed E-state index contributed by atoms with van der Waals surface area (Å²) in [5.74, 6) is 0. The molecule has 1 heterocycles. The van der Waals surface area contributed by atoms with Crippen molar-refractivity contribution in [2.75, 3.05) is 19.8 Å². The number of morpholine rings is 1. The van der Waals surface area contributed by atoms with Crippen LogP contribution in [0.4, 0.5) is 0 Å². The molecule has 0 spiro atoms. The van der Waals surface area contributed by atoms with Crippen molar-refractivity contribution in [3.63, 3.8) is 0 Å². The number of hydrogen-bond acceptors (Lipinski definition) is 3. The normalized spacial score (nSPS) is 23.1. The molecule has 2 aromatic carbocycles. The van der Waals surface area contributed by atoms with Gasteiger partial charge in [0.2, 0.25) is 0 Å². The molecule has 1 fully saturated rings. The monoisotopic (exact) mass is 283 g/mol. The van der Waals surface area contributed by atoms with Gasteiger partial charge in [-0.05, 0) is 11.1 Å². The summed E-state index contributed by atoms with van der Waals surface area (Å²) in [5, 5.41) is 9.38. The first-order valence-corrected chi connectivity index (χ1v) is 7.42. The van der Waals surface area contributed by atoms with Crippen molar-refractivity contribution in [1.29, 1.82) is 0 Å². The molecule has 0 saturated carbocycles. The van der Waals surface area contributed by atoms with Gasteiger partial charge in [0, 0.05) is 13.1 Å². The van der Waals surface area contributed by atoms with Gasteiger partial charge in [-0.2, -0.15) is 0 Å². The largest absolute Gasteiger partial charge is 0.394 e. The predicted octanol–water partition coefficient (Wildman–Crippen LogP) is 2.62. The molecule has 2 atom stereocenters. The summed E-state index contributed by atoms with van der Waals surface area (Å²) in [6, 6.07) is 21.2. The van der Waals surface area contributed by atoms with Crippen LogP contribution in [0.5, 0.6) is 0 Å². The Balaban J connectivity index is 1.80. The predicted molar refractivity (Wildman–Crippen MR) is 82.9 cm³/mol. The molecule has 110 valence electrons. The molecule has 1 N–H and O–H groups in total. The van der Waals surface area contributed by atoms with Crippen molar-refractivity contribution < 1.29 is 9.84 Å². The number of nitrogens with zero attached hydrogens (tertiary/aromatic N) is 1. The Kier molecular flexibility index (Phi) is 4.65. The molecule has 21 heavy (non-hydrogen) atoms. The van der Waals surface area contributed by atoms with Crippen molar-refractivity contribution in [2.24, 2.45) is 0 Å². The van der Waals surface area contributed by atoms with Crippen molar-refractivity contribution >= 4 is 0 Å². The molecule has 0 radical (unpaired) electrons. The molecule has 3 rings (SSSR count). The number of aliphatic hydroxyl groups is 1. The van der Waals surface area contributed by atoms with E-state index in [2.05, 4.69) is 53.4 Å². The minimum Gasteiger partial charge on any atom is -0.394 e. The molecule has 3 heteroatoms. The lowest BCUT2D eigenvalue weighted by atomic mass is 10.0. The third kappa shape index (κ3) is 3.50. The van der Waals surface area contributed by atoms with Crippen LogP contribution >= 0.6 is 0 Å². The molecule has 0 bridgehead atoms. The summed E-state index contributed by atoms with van der Waals surface area (Å²) in [6.07, 6.45) is -0.0892. The summed E-state index contributed by atoms with van der Waals surface area (Å²) in [4.78, 5) is 2.40. The fourth-order valence-corrected chi connectivity index (χ4v) is 2.86. The van der Waals surface area contributed by atoms with E-state index in [-0.39, 0.29) is 18.8 Å². The van der Waals surface area contributed by atoms with Crippen molar-refractivity contribution in [3.8, 4) is 0 Å². The van der Waals surface area contributed by atoms with Gasteiger partial charge in [-0.3, -0.25) is 4.90 Å². The quantitative estimate of drug-likeness (QED) is 0.936. The topological polar surface area (TPSA) is 32.7 Å². The van der Waals surface area contributed by atoms with Gasteiger partial charge in [-0.15, -0.1) is 0 Å². The highest BCUT2D eigenvalue weighted by atomic mass is 16.5. The van der Waals surface area contributed by atoms with Crippen molar-refractivity contribution in [3.05, 3.63) is 71.8 Å². The van der Waals surface area contributed by atoms with E-state index in [1.54, 1.807) is 0 Å². The Hall–Kier alpha value is -1.68. The van der Waals surface area contributed by atoms with E-state index in [0.29, 0.717) is 6.61 Å². The molecule has 0 amide bonds. The van der Waals surface area contributed by atoms with Crippen LogP contribution in [0.2, 0.25) is 0 Å². The van der Waals surface area contributed by atoms with Crippen LogP contribution in [0.3, 0.4) is 0 Å². The molecule has 0 aliphatic carbocycles. The van der Waals surface area contributed by atoms with E-state index in [9.17, 15) is 5.11 Å². The van der Waals surface area contributed by atoms with E-state index in [1.807, 2.05) is 12.1 Å². The number of aliphatic hydroxyl groups excluding tert-OH is 1. The molecule has 0 unspecified atom stereocenters. The average Bonchev–Trinajstić information content (AvgIpc) is 2.56. The lowest BCUT2D eigenvalue weighted by molar-refractivity contribution is -0.0866. The number of ether oxygens (including phenoxy) is 1. The second kappa shape index (κ2) is 6.85. The Morgan fingerprint density at radius 1 is 1.00 bits per heavy atom. The van der Waals surface area contributed by atoms with E-state index >= 15 is 0 Å². The highest BCUT2D eigenvalue weighted by molar-refractivity contribution is 5.21. The Morgan fingerprint density at radius 2 is 1.67 bits per heavy atom. The standard InChI is InChI=1S/C18H21NO2/c20-13-17-12-19(11-15-7-3-1-4-8-15)18(14-21-17)16-9-5-2-6-10-16/h1-10,17-18,20H,11-14H2/t17-,18-/m1/s1. The maximum Gasteiger partial charge on any atom is 0.0933 e. The average molecular weight is 283 g/mol. The van der Waals surface area contributed by atoms with Gasteiger partial charge in [0.05, 0.1) is 25.4 Å². The molecule has 2 aromatic rings. The van der Waals surface area contributed by atoms with E-state index in [1.165, 1.54) is 11.1 Å². The Labute approximate surface area is 125 Å². The van der Waals surface area contributed by atoms with Crippen LogP contribution in [0.15, 0.2) is 60.7 Å². The van der Waals surface area contributed by atoms with Gasteiger partial charge in [0.25, 0.3) is 0 Å². The number of hydrogen-bond donors (Lipinski definition) is 1. The third-order valence-electron chi connectivity index (χ3n) is 3.99. The van der Waals surface area contributed by atoms with Crippen LogP contribution in [0.1, 0.15) is 17.2 Å². The summed E-state index contributed by atoms with van der Waals surface area (Å²) in [7, 11) is 0. The van der Waals surface area contributed by atoms with Gasteiger partial charge < -0.3 is 9.84 Å². The highest BCUT2D eigenvalue weighted by Gasteiger charge is 2.29. The van der Waals surface area contributed by atoms with Crippen molar-refractivity contribution in [1.82, 2.24) is 4.90 Å². The highest BCUT2D eigenvalue weighted by Crippen LogP contribution is 2.27. The van der Waals surface area contributed by atoms with Gasteiger partial charge in [0.15, 0.2) is 0 Å². The molecular formula is C18H21NO2. The van der Waals surface area contributed by atoms with Crippen molar-refractivity contribution in [2.45, 2.75) is 18.7 Å². The zero-order valence-corrected chi connectivity index (χ0v) is 12.1. The van der Waals surface area contributed by atoms with Gasteiger partial charge >= 0.3 is 0 Å². The SMILES string of the molecule is OC[C@H]1CN(Cc2ccccc2)[C@@H](c2ccccc2)CO1. The smallest absolute Gasteiger partial charge is 0.0933 e. The number of rotatable bonds is 4. The summed E-state index contributed by atoms with van der Waals surface area (Å²) < 4.78 is 5.77. The first-order chi connectivity index (χ1) is 10.4. The van der Waals surface area contributed by atoms with E-state index < -0.39 is 0 Å².